The minimum absolute atomic E-state index is 0.0202. The highest BCUT2D eigenvalue weighted by atomic mass is 16.5. The van der Waals surface area contributed by atoms with Gasteiger partial charge >= 0.3 is 12.1 Å². The van der Waals surface area contributed by atoms with Crippen molar-refractivity contribution in [2.75, 3.05) is 13.2 Å². The van der Waals surface area contributed by atoms with Crippen LogP contribution >= 0.6 is 0 Å². The molecule has 1 saturated heterocycles. The van der Waals surface area contributed by atoms with Crippen LogP contribution in [0, 0.1) is 10.8 Å². The predicted molar refractivity (Wildman–Crippen MR) is 74.4 cm³/mol. The van der Waals surface area contributed by atoms with Crippen LogP contribution in [0.25, 0.3) is 0 Å². The molecule has 1 atom stereocenters. The van der Waals surface area contributed by atoms with Gasteiger partial charge in [-0.2, -0.15) is 0 Å². The van der Waals surface area contributed by atoms with Crippen molar-refractivity contribution in [3.63, 3.8) is 0 Å². The number of carbonyl (C=O) groups excluding carboxylic acids is 1. The lowest BCUT2D eigenvalue weighted by molar-refractivity contribution is -0.139. The minimum atomic E-state index is -0.849. The van der Waals surface area contributed by atoms with E-state index >= 15 is 0 Å². The maximum atomic E-state index is 11.4. The van der Waals surface area contributed by atoms with Crippen molar-refractivity contribution in [1.82, 2.24) is 4.90 Å². The maximum Gasteiger partial charge on any atom is 0.407 e. The van der Waals surface area contributed by atoms with Crippen LogP contribution in [-0.2, 0) is 9.53 Å². The number of esters is 1. The van der Waals surface area contributed by atoms with E-state index in [0.717, 1.165) is 18.4 Å². The Kier molecular flexibility index (Phi) is 3.56. The second-order valence-corrected chi connectivity index (χ2v) is 6.95. The molecule has 1 spiro atoms. The standard InChI is InChI=1S/C15H23NO4/c1-5-20-11(17)6-10-7-15(8-10)9-16(13(18)19)12(15)14(2,3)4/h6,12H,5,7-9H2,1-4H3,(H,18,19). The molecule has 0 aromatic rings. The van der Waals surface area contributed by atoms with E-state index in [1.54, 1.807) is 13.0 Å². The van der Waals surface area contributed by atoms with E-state index in [4.69, 9.17) is 4.74 Å². The number of rotatable bonds is 2. The molecule has 1 amide bonds. The largest absolute Gasteiger partial charge is 0.465 e. The van der Waals surface area contributed by atoms with Crippen LogP contribution in [0.15, 0.2) is 11.6 Å². The number of amides is 1. The van der Waals surface area contributed by atoms with Crippen molar-refractivity contribution in [2.24, 2.45) is 10.8 Å². The summed E-state index contributed by atoms with van der Waals surface area (Å²) >= 11 is 0. The molecule has 0 aromatic heterocycles. The van der Waals surface area contributed by atoms with Crippen molar-refractivity contribution >= 4 is 12.1 Å². The third-order valence-electron chi connectivity index (χ3n) is 4.21. The van der Waals surface area contributed by atoms with Crippen molar-refractivity contribution in [1.29, 1.82) is 0 Å². The zero-order chi connectivity index (χ0) is 15.1. The fraction of sp³-hybridized carbons (Fsp3) is 0.733. The summed E-state index contributed by atoms with van der Waals surface area (Å²) in [5.74, 6) is -0.293. The Bertz CT molecular complexity index is 453. The van der Waals surface area contributed by atoms with Crippen LogP contribution in [0.5, 0.6) is 0 Å². The van der Waals surface area contributed by atoms with Crippen molar-refractivity contribution in [2.45, 2.75) is 46.6 Å². The van der Waals surface area contributed by atoms with Crippen LogP contribution in [0.1, 0.15) is 40.5 Å². The Hall–Kier alpha value is -1.52. The first-order chi connectivity index (χ1) is 9.19. The molecule has 2 aliphatic rings. The number of carbonyl (C=O) groups is 2. The number of carboxylic acid groups (broad SMARTS) is 1. The lowest BCUT2D eigenvalue weighted by Crippen LogP contribution is -2.73. The maximum absolute atomic E-state index is 11.4. The van der Waals surface area contributed by atoms with Gasteiger partial charge in [-0.1, -0.05) is 26.3 Å². The molecule has 20 heavy (non-hydrogen) atoms. The molecule has 2 rings (SSSR count). The summed E-state index contributed by atoms with van der Waals surface area (Å²) in [5, 5.41) is 9.24. The van der Waals surface area contributed by atoms with Crippen LogP contribution in [0.3, 0.4) is 0 Å². The van der Waals surface area contributed by atoms with E-state index < -0.39 is 6.09 Å². The average molecular weight is 281 g/mol. The molecule has 5 nitrogen and oxygen atoms in total. The second-order valence-electron chi connectivity index (χ2n) is 6.95. The first kappa shape index (κ1) is 14.9. The molecular weight excluding hydrogens is 258 g/mol. The average Bonchev–Trinajstić information content (AvgIpc) is 2.17. The Morgan fingerprint density at radius 3 is 2.50 bits per heavy atom. The SMILES string of the molecule is CCOC(=O)C=C1CC2(C1)CN(C(=O)O)C2C(C)(C)C. The molecule has 1 N–H and O–H groups in total. The lowest BCUT2D eigenvalue weighted by atomic mass is 9.51. The summed E-state index contributed by atoms with van der Waals surface area (Å²) in [6.45, 7) is 8.95. The van der Waals surface area contributed by atoms with Crippen LogP contribution < -0.4 is 0 Å². The third kappa shape index (κ3) is 2.41. The molecule has 2 fully saturated rings. The van der Waals surface area contributed by atoms with Crippen LogP contribution in [0.4, 0.5) is 4.79 Å². The van der Waals surface area contributed by atoms with Gasteiger partial charge in [0, 0.05) is 24.1 Å². The first-order valence-electron chi connectivity index (χ1n) is 7.05. The van der Waals surface area contributed by atoms with Gasteiger partial charge in [0.1, 0.15) is 0 Å². The Morgan fingerprint density at radius 1 is 1.45 bits per heavy atom. The molecule has 0 aromatic carbocycles. The third-order valence-corrected chi connectivity index (χ3v) is 4.21. The summed E-state index contributed by atoms with van der Waals surface area (Å²) in [6.07, 6.45) is 2.32. The quantitative estimate of drug-likeness (QED) is 0.624. The topological polar surface area (TPSA) is 66.8 Å². The predicted octanol–water partition coefficient (Wildman–Crippen LogP) is 2.66. The number of hydrogen-bond donors (Lipinski definition) is 1. The molecular formula is C15H23NO4. The van der Waals surface area contributed by atoms with E-state index in [9.17, 15) is 14.7 Å². The highest BCUT2D eigenvalue weighted by Crippen LogP contribution is 2.60. The van der Waals surface area contributed by atoms with E-state index in [0.29, 0.717) is 13.2 Å². The molecule has 1 aliphatic carbocycles. The highest BCUT2D eigenvalue weighted by Gasteiger charge is 2.62. The van der Waals surface area contributed by atoms with Gasteiger partial charge in [0.2, 0.25) is 0 Å². The molecule has 112 valence electrons. The lowest BCUT2D eigenvalue weighted by Gasteiger charge is -2.66. The minimum Gasteiger partial charge on any atom is -0.465 e. The fourth-order valence-electron chi connectivity index (χ4n) is 3.91. The van der Waals surface area contributed by atoms with Crippen LogP contribution in [-0.4, -0.2) is 41.3 Å². The summed E-state index contributed by atoms with van der Waals surface area (Å²) in [5.41, 5.74) is 1.00. The summed E-state index contributed by atoms with van der Waals surface area (Å²) < 4.78 is 4.90. The molecule has 1 saturated carbocycles. The Balaban J connectivity index is 2.05. The highest BCUT2D eigenvalue weighted by molar-refractivity contribution is 5.83. The molecule has 1 heterocycles. The summed E-state index contributed by atoms with van der Waals surface area (Å²) in [7, 11) is 0. The van der Waals surface area contributed by atoms with Gasteiger partial charge in [0.15, 0.2) is 0 Å². The van der Waals surface area contributed by atoms with Gasteiger partial charge in [-0.3, -0.25) is 0 Å². The molecule has 0 bridgehead atoms. The smallest absolute Gasteiger partial charge is 0.407 e. The van der Waals surface area contributed by atoms with Gasteiger partial charge in [-0.15, -0.1) is 0 Å². The molecule has 1 unspecified atom stereocenters. The molecule has 0 radical (unpaired) electrons. The number of hydrogen-bond acceptors (Lipinski definition) is 3. The molecule has 1 aliphatic heterocycles. The summed E-state index contributed by atoms with van der Waals surface area (Å²) in [6, 6.07) is 0.0202. The van der Waals surface area contributed by atoms with Gasteiger partial charge in [-0.25, -0.2) is 9.59 Å². The van der Waals surface area contributed by atoms with E-state index in [1.807, 2.05) is 0 Å². The van der Waals surface area contributed by atoms with Crippen molar-refractivity contribution in [3.05, 3.63) is 11.6 Å². The van der Waals surface area contributed by atoms with Gasteiger partial charge in [0.05, 0.1) is 6.61 Å². The second kappa shape index (κ2) is 4.79. The van der Waals surface area contributed by atoms with Gasteiger partial charge in [0.25, 0.3) is 0 Å². The van der Waals surface area contributed by atoms with E-state index in [-0.39, 0.29) is 22.8 Å². The zero-order valence-electron chi connectivity index (χ0n) is 12.6. The van der Waals surface area contributed by atoms with Crippen LogP contribution in [0.2, 0.25) is 0 Å². The number of allylic oxidation sites excluding steroid dienone is 1. The molecule has 5 heteroatoms. The fourth-order valence-corrected chi connectivity index (χ4v) is 3.91. The van der Waals surface area contributed by atoms with Gasteiger partial charge in [-0.05, 0) is 25.2 Å². The Labute approximate surface area is 119 Å². The number of ether oxygens (including phenoxy) is 1. The zero-order valence-corrected chi connectivity index (χ0v) is 12.6. The Morgan fingerprint density at radius 2 is 2.05 bits per heavy atom. The number of likely N-dealkylation sites (tertiary alicyclic amines) is 1. The van der Waals surface area contributed by atoms with Crippen molar-refractivity contribution in [3.8, 4) is 0 Å². The van der Waals surface area contributed by atoms with E-state index in [1.165, 1.54) is 4.90 Å². The van der Waals surface area contributed by atoms with E-state index in [2.05, 4.69) is 20.8 Å². The number of nitrogens with zero attached hydrogens (tertiary/aromatic N) is 1. The monoisotopic (exact) mass is 281 g/mol. The first-order valence-corrected chi connectivity index (χ1v) is 7.05. The van der Waals surface area contributed by atoms with Gasteiger partial charge < -0.3 is 14.7 Å². The normalized spacial score (nSPS) is 28.7. The van der Waals surface area contributed by atoms with Crippen molar-refractivity contribution < 1.29 is 19.4 Å². The summed E-state index contributed by atoms with van der Waals surface area (Å²) in [4.78, 5) is 24.2.